The molecule has 2 aromatic rings. The Bertz CT molecular complexity index is 657. The Morgan fingerprint density at radius 1 is 1.14 bits per heavy atom. The van der Waals surface area contributed by atoms with Crippen LogP contribution in [0.5, 0.6) is 11.5 Å². The number of hydrogen-bond acceptors (Lipinski definition) is 5. The molecule has 0 aliphatic carbocycles. The summed E-state index contributed by atoms with van der Waals surface area (Å²) in [4.78, 5) is 0. The van der Waals surface area contributed by atoms with Gasteiger partial charge in [-0.15, -0.1) is 5.10 Å². The minimum Gasteiger partial charge on any atom is -0.508 e. The van der Waals surface area contributed by atoms with Crippen LogP contribution in [0.3, 0.4) is 0 Å². The number of hydrogen-bond donors (Lipinski definition) is 3. The van der Waals surface area contributed by atoms with Crippen LogP contribution in [0.1, 0.15) is 11.1 Å². The van der Waals surface area contributed by atoms with E-state index in [9.17, 15) is 10.2 Å². The molecule has 0 atom stereocenters. The van der Waals surface area contributed by atoms with Gasteiger partial charge in [0.15, 0.2) is 5.17 Å². The number of amidine groups is 1. The molecule has 0 heterocycles. The number of thioether (sulfide) groups is 1. The molecule has 4 N–H and O–H groups in total. The van der Waals surface area contributed by atoms with Crippen LogP contribution in [-0.4, -0.2) is 21.6 Å². The molecule has 6 heteroatoms. The molecule has 0 spiro atoms. The van der Waals surface area contributed by atoms with Gasteiger partial charge in [0, 0.05) is 17.4 Å². The number of nitrogens with zero attached hydrogens (tertiary/aromatic N) is 2. The van der Waals surface area contributed by atoms with E-state index >= 15 is 0 Å². The summed E-state index contributed by atoms with van der Waals surface area (Å²) < 4.78 is 0. The quantitative estimate of drug-likeness (QED) is 0.460. The van der Waals surface area contributed by atoms with Crippen LogP contribution in [0.25, 0.3) is 0 Å². The van der Waals surface area contributed by atoms with Crippen LogP contribution in [0, 0.1) is 0 Å². The summed E-state index contributed by atoms with van der Waals surface area (Å²) in [6.07, 6.45) is 1.38. The van der Waals surface area contributed by atoms with E-state index in [0.717, 1.165) is 11.3 Å². The topological polar surface area (TPSA) is 91.2 Å². The van der Waals surface area contributed by atoms with Crippen molar-refractivity contribution in [3.8, 4) is 11.5 Å². The summed E-state index contributed by atoms with van der Waals surface area (Å²) >= 11 is 1.38. The van der Waals surface area contributed by atoms with Crippen molar-refractivity contribution in [2.45, 2.75) is 5.75 Å². The minimum atomic E-state index is -0.0653. The predicted octanol–water partition coefficient (Wildman–Crippen LogP) is 2.68. The van der Waals surface area contributed by atoms with Crippen molar-refractivity contribution in [3.05, 3.63) is 59.7 Å². The van der Waals surface area contributed by atoms with Crippen molar-refractivity contribution in [2.75, 3.05) is 0 Å². The van der Waals surface area contributed by atoms with Gasteiger partial charge in [-0.2, -0.15) is 5.10 Å². The lowest BCUT2D eigenvalue weighted by Gasteiger charge is -2.00. The molecule has 0 saturated carbocycles. The first-order valence-corrected chi connectivity index (χ1v) is 7.19. The van der Waals surface area contributed by atoms with Crippen molar-refractivity contribution >= 4 is 23.1 Å². The van der Waals surface area contributed by atoms with E-state index in [1.54, 1.807) is 0 Å². The highest BCUT2D eigenvalue weighted by molar-refractivity contribution is 8.13. The molecule has 0 amide bonds. The van der Waals surface area contributed by atoms with Crippen molar-refractivity contribution in [1.82, 2.24) is 0 Å². The lowest BCUT2D eigenvalue weighted by Crippen LogP contribution is -2.05. The van der Waals surface area contributed by atoms with Crippen LogP contribution in [-0.2, 0) is 5.75 Å². The maximum atomic E-state index is 9.57. The Balaban J connectivity index is 1.92. The van der Waals surface area contributed by atoms with E-state index in [-0.39, 0.29) is 11.5 Å². The molecule has 0 saturated heterocycles. The van der Waals surface area contributed by atoms with Gasteiger partial charge in [0.2, 0.25) is 0 Å². The highest BCUT2D eigenvalue weighted by Gasteiger charge is 1.99. The third kappa shape index (κ3) is 4.85. The van der Waals surface area contributed by atoms with E-state index in [4.69, 9.17) is 5.73 Å². The first-order valence-electron chi connectivity index (χ1n) is 6.20. The maximum Gasteiger partial charge on any atom is 0.180 e. The third-order valence-electron chi connectivity index (χ3n) is 2.60. The van der Waals surface area contributed by atoms with Crippen LogP contribution in [0.15, 0.2) is 58.7 Å². The first-order chi connectivity index (χ1) is 10.1. The number of benzene rings is 2. The zero-order chi connectivity index (χ0) is 15.1. The second-order valence-electron chi connectivity index (χ2n) is 4.20. The molecule has 0 fully saturated rings. The van der Waals surface area contributed by atoms with Gasteiger partial charge in [0.1, 0.15) is 11.5 Å². The summed E-state index contributed by atoms with van der Waals surface area (Å²) in [6.45, 7) is 0. The molecule has 0 unspecified atom stereocenters. The molecule has 0 radical (unpaired) electrons. The molecular formula is C15H15N3O2S. The van der Waals surface area contributed by atoms with Gasteiger partial charge < -0.3 is 15.9 Å². The van der Waals surface area contributed by atoms with Gasteiger partial charge in [-0.3, -0.25) is 0 Å². The fraction of sp³-hybridized carbons (Fsp3) is 0.0667. The molecule has 0 bridgehead atoms. The molecule has 0 aliphatic heterocycles. The lowest BCUT2D eigenvalue weighted by molar-refractivity contribution is 0.450. The van der Waals surface area contributed by atoms with Crippen molar-refractivity contribution in [3.63, 3.8) is 0 Å². The minimum absolute atomic E-state index is 0.00826. The molecule has 5 nitrogen and oxygen atoms in total. The first kappa shape index (κ1) is 14.9. The molecule has 0 aliphatic rings. The van der Waals surface area contributed by atoms with Crippen LogP contribution < -0.4 is 5.73 Å². The number of rotatable bonds is 4. The molecule has 0 aromatic heterocycles. The van der Waals surface area contributed by atoms with Crippen molar-refractivity contribution in [1.29, 1.82) is 0 Å². The zero-order valence-corrected chi connectivity index (χ0v) is 12.0. The fourth-order valence-electron chi connectivity index (χ4n) is 1.55. The molecule has 108 valence electrons. The molecule has 2 aromatic carbocycles. The van der Waals surface area contributed by atoms with Gasteiger partial charge in [-0.25, -0.2) is 0 Å². The summed E-state index contributed by atoms with van der Waals surface area (Å²) in [5.74, 6) is 0.645. The van der Waals surface area contributed by atoms with Gasteiger partial charge in [-0.1, -0.05) is 42.1 Å². The fourth-order valence-corrected chi connectivity index (χ4v) is 2.16. The Labute approximate surface area is 126 Å². The Morgan fingerprint density at radius 3 is 2.62 bits per heavy atom. The maximum absolute atomic E-state index is 9.57. The highest BCUT2D eigenvalue weighted by Crippen LogP contribution is 2.20. The summed E-state index contributed by atoms with van der Waals surface area (Å²) in [5, 5.41) is 26.8. The van der Waals surface area contributed by atoms with Gasteiger partial charge in [0.05, 0.1) is 6.21 Å². The van der Waals surface area contributed by atoms with E-state index in [2.05, 4.69) is 10.2 Å². The number of phenols is 2. The average Bonchev–Trinajstić information content (AvgIpc) is 2.48. The largest absolute Gasteiger partial charge is 0.508 e. The lowest BCUT2D eigenvalue weighted by atomic mass is 10.2. The monoisotopic (exact) mass is 301 g/mol. The van der Waals surface area contributed by atoms with Crippen LogP contribution in [0.4, 0.5) is 0 Å². The van der Waals surface area contributed by atoms with Gasteiger partial charge >= 0.3 is 0 Å². The van der Waals surface area contributed by atoms with E-state index < -0.39 is 0 Å². The molecular weight excluding hydrogens is 286 g/mol. The second-order valence-corrected chi connectivity index (χ2v) is 5.20. The van der Waals surface area contributed by atoms with Gasteiger partial charge in [-0.05, 0) is 17.7 Å². The third-order valence-corrected chi connectivity index (χ3v) is 3.45. The number of nitrogens with two attached hydrogens (primary N) is 1. The zero-order valence-electron chi connectivity index (χ0n) is 11.2. The van der Waals surface area contributed by atoms with Crippen molar-refractivity contribution < 1.29 is 10.2 Å². The summed E-state index contributed by atoms with van der Waals surface area (Å²) in [7, 11) is 0. The highest BCUT2D eigenvalue weighted by atomic mass is 32.2. The molecule has 21 heavy (non-hydrogen) atoms. The number of aromatic hydroxyl groups is 2. The Morgan fingerprint density at radius 2 is 1.90 bits per heavy atom. The number of phenolic OH excluding ortho intramolecular Hbond substituents is 2. The van der Waals surface area contributed by atoms with E-state index in [1.807, 2.05) is 30.3 Å². The summed E-state index contributed by atoms with van der Waals surface area (Å²) in [5.41, 5.74) is 7.35. The Kier molecular flexibility index (Phi) is 5.22. The van der Waals surface area contributed by atoms with Crippen LogP contribution >= 0.6 is 11.8 Å². The normalized spacial score (nSPS) is 11.9. The summed E-state index contributed by atoms with van der Waals surface area (Å²) in [6, 6.07) is 14.1. The van der Waals surface area contributed by atoms with Crippen LogP contribution in [0.2, 0.25) is 0 Å². The predicted molar refractivity (Wildman–Crippen MR) is 86.7 cm³/mol. The second kappa shape index (κ2) is 7.35. The smallest absolute Gasteiger partial charge is 0.180 e. The molecule has 2 rings (SSSR count). The Hall–Kier alpha value is -2.47. The average molecular weight is 301 g/mol. The van der Waals surface area contributed by atoms with E-state index in [0.29, 0.717) is 10.7 Å². The van der Waals surface area contributed by atoms with Crippen molar-refractivity contribution in [2.24, 2.45) is 15.9 Å². The standard InChI is InChI=1S/C15H15N3O2S/c16-15(21-10-11-4-2-1-3-5-11)18-17-9-12-6-7-13(19)8-14(12)20/h1-9,19-20H,10H2,(H2,16,18). The van der Waals surface area contributed by atoms with E-state index in [1.165, 1.54) is 36.2 Å². The van der Waals surface area contributed by atoms with Gasteiger partial charge in [0.25, 0.3) is 0 Å². The SMILES string of the molecule is NC(=NN=Cc1ccc(O)cc1O)SCc1ccccc1.